The predicted molar refractivity (Wildman–Crippen MR) is 91.9 cm³/mol. The molecule has 0 saturated carbocycles. The largest absolute Gasteiger partial charge is 0.353 e. The molecule has 1 amide bonds. The average molecular weight is 384 g/mol. The van der Waals surface area contributed by atoms with E-state index in [4.69, 9.17) is 5.84 Å². The smallest absolute Gasteiger partial charge is 0.233 e. The van der Waals surface area contributed by atoms with E-state index in [9.17, 15) is 4.79 Å². The first-order chi connectivity index (χ1) is 10.4. The molecule has 0 spiro atoms. The van der Waals surface area contributed by atoms with E-state index in [1.54, 1.807) is 0 Å². The molecule has 0 fully saturated rings. The molecule has 0 aliphatic heterocycles. The maximum atomic E-state index is 12.0. The monoisotopic (exact) mass is 383 g/mol. The molecular weight excluding hydrogens is 366 g/mol. The number of benzene rings is 1. The van der Waals surface area contributed by atoms with Crippen LogP contribution >= 0.6 is 27.7 Å². The Kier molecular flexibility index (Phi) is 5.47. The molecule has 0 bridgehead atoms. The highest BCUT2D eigenvalue weighted by molar-refractivity contribution is 9.10. The van der Waals surface area contributed by atoms with Gasteiger partial charge in [0.25, 0.3) is 0 Å². The zero-order chi connectivity index (χ0) is 16.3. The van der Waals surface area contributed by atoms with Crippen molar-refractivity contribution in [1.82, 2.24) is 20.2 Å². The van der Waals surface area contributed by atoms with Crippen molar-refractivity contribution < 1.29 is 4.79 Å². The number of thioether (sulfide) groups is 1. The Morgan fingerprint density at radius 2 is 2.00 bits per heavy atom. The summed E-state index contributed by atoms with van der Waals surface area (Å²) < 4.78 is 2.29. The van der Waals surface area contributed by atoms with Crippen molar-refractivity contribution >= 4 is 33.6 Å². The molecule has 0 radical (unpaired) electrons. The highest BCUT2D eigenvalue weighted by atomic mass is 79.9. The fourth-order valence-corrected chi connectivity index (χ4v) is 3.04. The summed E-state index contributed by atoms with van der Waals surface area (Å²) in [5.74, 6) is 6.57. The molecule has 8 heteroatoms. The third-order valence-corrected chi connectivity index (χ3v) is 4.61. The van der Waals surface area contributed by atoms with Gasteiger partial charge in [-0.2, -0.15) is 0 Å². The first kappa shape index (κ1) is 16.8. The zero-order valence-corrected chi connectivity index (χ0v) is 15.0. The van der Waals surface area contributed by atoms with Crippen LogP contribution in [0, 0.1) is 0 Å². The summed E-state index contributed by atoms with van der Waals surface area (Å²) in [6, 6.07) is 7.73. The Balaban J connectivity index is 2.18. The van der Waals surface area contributed by atoms with Gasteiger partial charge in [0.1, 0.15) is 0 Å². The first-order valence-corrected chi connectivity index (χ1v) is 8.49. The second-order valence-electron chi connectivity index (χ2n) is 5.08. The lowest BCUT2D eigenvalue weighted by atomic mass is 10.2. The van der Waals surface area contributed by atoms with E-state index in [-0.39, 0.29) is 17.2 Å². The van der Waals surface area contributed by atoms with E-state index >= 15 is 0 Å². The number of hydrogen-bond donors (Lipinski definition) is 2. The van der Waals surface area contributed by atoms with Gasteiger partial charge in [0.05, 0.1) is 5.25 Å². The minimum absolute atomic E-state index is 0.0505. The molecular formula is C14H18BrN5OS. The molecule has 0 saturated heterocycles. The Hall–Kier alpha value is -1.54. The van der Waals surface area contributed by atoms with Crippen molar-refractivity contribution in [3.8, 4) is 11.4 Å². The molecule has 22 heavy (non-hydrogen) atoms. The fourth-order valence-electron chi connectivity index (χ4n) is 1.80. The summed E-state index contributed by atoms with van der Waals surface area (Å²) in [6.45, 7) is 5.66. The number of carbonyl (C=O) groups excluding carboxylic acids is 1. The minimum Gasteiger partial charge on any atom is -0.353 e. The summed E-state index contributed by atoms with van der Waals surface area (Å²) in [6.07, 6.45) is 0. The second-order valence-corrected chi connectivity index (χ2v) is 7.24. The number of nitrogen functional groups attached to an aromatic ring is 1. The van der Waals surface area contributed by atoms with Crippen molar-refractivity contribution in [3.63, 3.8) is 0 Å². The van der Waals surface area contributed by atoms with Crippen LogP contribution in [0.2, 0.25) is 0 Å². The van der Waals surface area contributed by atoms with Crippen molar-refractivity contribution in [2.45, 2.75) is 37.2 Å². The third kappa shape index (κ3) is 3.80. The van der Waals surface area contributed by atoms with Gasteiger partial charge >= 0.3 is 0 Å². The van der Waals surface area contributed by atoms with E-state index in [0.717, 1.165) is 10.0 Å². The van der Waals surface area contributed by atoms with Gasteiger partial charge in [-0.3, -0.25) is 4.79 Å². The third-order valence-electron chi connectivity index (χ3n) is 2.86. The molecule has 1 heterocycles. The number of nitrogens with zero attached hydrogens (tertiary/aromatic N) is 3. The van der Waals surface area contributed by atoms with Gasteiger partial charge in [-0.25, -0.2) is 4.68 Å². The van der Waals surface area contributed by atoms with Crippen LogP contribution in [0.1, 0.15) is 20.8 Å². The molecule has 1 atom stereocenters. The normalized spacial score (nSPS) is 12.4. The van der Waals surface area contributed by atoms with E-state index in [1.165, 1.54) is 16.4 Å². The van der Waals surface area contributed by atoms with Crippen LogP contribution in [-0.2, 0) is 4.79 Å². The standard InChI is InChI=1S/C14H18BrN5OS/c1-8(2)17-13(21)9(3)22-14-19-18-12(20(14)16)10-6-4-5-7-11(10)15/h4-9H,16H2,1-3H3,(H,17,21). The molecule has 3 N–H and O–H groups in total. The van der Waals surface area contributed by atoms with Gasteiger partial charge in [0.15, 0.2) is 5.82 Å². The number of halogens is 1. The van der Waals surface area contributed by atoms with Crippen LogP contribution in [0.15, 0.2) is 33.9 Å². The van der Waals surface area contributed by atoms with E-state index in [2.05, 4.69) is 31.4 Å². The number of aromatic nitrogens is 3. The zero-order valence-electron chi connectivity index (χ0n) is 12.6. The quantitative estimate of drug-likeness (QED) is 0.611. The Labute approximate surface area is 142 Å². The number of nitrogens with two attached hydrogens (primary N) is 1. The topological polar surface area (TPSA) is 85.8 Å². The Morgan fingerprint density at radius 3 is 2.64 bits per heavy atom. The molecule has 1 aromatic carbocycles. The SMILES string of the molecule is CC(C)NC(=O)C(C)Sc1nnc(-c2ccccc2Br)n1N. The van der Waals surface area contributed by atoms with Crippen LogP contribution in [0.25, 0.3) is 11.4 Å². The number of hydrogen-bond acceptors (Lipinski definition) is 5. The van der Waals surface area contributed by atoms with Crippen molar-refractivity contribution in [1.29, 1.82) is 0 Å². The molecule has 1 aromatic heterocycles. The highest BCUT2D eigenvalue weighted by Crippen LogP contribution is 2.29. The van der Waals surface area contributed by atoms with Crippen LogP contribution in [0.4, 0.5) is 0 Å². The van der Waals surface area contributed by atoms with Gasteiger partial charge in [0, 0.05) is 16.1 Å². The number of rotatable bonds is 5. The van der Waals surface area contributed by atoms with Crippen molar-refractivity contribution in [2.75, 3.05) is 5.84 Å². The molecule has 0 aliphatic rings. The van der Waals surface area contributed by atoms with E-state index in [1.807, 2.05) is 45.0 Å². The van der Waals surface area contributed by atoms with Crippen LogP contribution in [0.3, 0.4) is 0 Å². The van der Waals surface area contributed by atoms with Gasteiger partial charge < -0.3 is 11.2 Å². The van der Waals surface area contributed by atoms with Crippen LogP contribution < -0.4 is 11.2 Å². The fraction of sp³-hybridized carbons (Fsp3) is 0.357. The summed E-state index contributed by atoms with van der Waals surface area (Å²) >= 11 is 4.75. The lowest BCUT2D eigenvalue weighted by Gasteiger charge is -2.13. The van der Waals surface area contributed by atoms with Crippen molar-refractivity contribution in [3.05, 3.63) is 28.7 Å². The van der Waals surface area contributed by atoms with E-state index in [0.29, 0.717) is 11.0 Å². The molecule has 2 rings (SSSR count). The first-order valence-electron chi connectivity index (χ1n) is 6.82. The second kappa shape index (κ2) is 7.15. The molecule has 1 unspecified atom stereocenters. The summed E-state index contributed by atoms with van der Waals surface area (Å²) in [5, 5.41) is 11.3. The molecule has 118 valence electrons. The summed E-state index contributed by atoms with van der Waals surface area (Å²) in [4.78, 5) is 12.0. The lowest BCUT2D eigenvalue weighted by molar-refractivity contribution is -0.120. The van der Waals surface area contributed by atoms with Crippen LogP contribution in [0.5, 0.6) is 0 Å². The van der Waals surface area contributed by atoms with Gasteiger partial charge in [0.2, 0.25) is 11.1 Å². The summed E-state index contributed by atoms with van der Waals surface area (Å²) in [7, 11) is 0. The molecule has 0 aliphatic carbocycles. The Morgan fingerprint density at radius 1 is 1.32 bits per heavy atom. The maximum Gasteiger partial charge on any atom is 0.233 e. The number of nitrogens with one attached hydrogen (secondary N) is 1. The number of carbonyl (C=O) groups is 1. The minimum atomic E-state index is -0.305. The lowest BCUT2D eigenvalue weighted by Crippen LogP contribution is -2.36. The maximum absolute atomic E-state index is 12.0. The summed E-state index contributed by atoms with van der Waals surface area (Å²) in [5.41, 5.74) is 0.851. The highest BCUT2D eigenvalue weighted by Gasteiger charge is 2.20. The van der Waals surface area contributed by atoms with Crippen molar-refractivity contribution in [2.24, 2.45) is 0 Å². The predicted octanol–water partition coefficient (Wildman–Crippen LogP) is 2.43. The van der Waals surface area contributed by atoms with Gasteiger partial charge in [-0.05, 0) is 32.9 Å². The van der Waals surface area contributed by atoms with Crippen LogP contribution in [-0.4, -0.2) is 32.1 Å². The van der Waals surface area contributed by atoms with Gasteiger partial charge in [-0.15, -0.1) is 10.2 Å². The Bertz CT molecular complexity index is 673. The average Bonchev–Trinajstić information content (AvgIpc) is 2.80. The van der Waals surface area contributed by atoms with Gasteiger partial charge in [-0.1, -0.05) is 39.8 Å². The number of amides is 1. The molecule has 2 aromatic rings. The molecule has 6 nitrogen and oxygen atoms in total. The van der Waals surface area contributed by atoms with E-state index < -0.39 is 0 Å².